The highest BCUT2D eigenvalue weighted by molar-refractivity contribution is 7.99. The number of amides is 1. The van der Waals surface area contributed by atoms with Crippen LogP contribution in [0.3, 0.4) is 0 Å². The number of hydrogen-bond acceptors (Lipinski definition) is 8. The number of carbonyl (C=O) groups is 1. The fourth-order valence-electron chi connectivity index (χ4n) is 4.09. The highest BCUT2D eigenvalue weighted by Gasteiger charge is 2.26. The summed E-state index contributed by atoms with van der Waals surface area (Å²) in [4.78, 5) is 22.2. The normalized spacial score (nSPS) is 14.9. The molecule has 0 bridgehead atoms. The molecule has 0 radical (unpaired) electrons. The fourth-order valence-corrected chi connectivity index (χ4v) is 6.17. The van der Waals surface area contributed by atoms with E-state index in [1.165, 1.54) is 16.4 Å². The van der Waals surface area contributed by atoms with Gasteiger partial charge in [0, 0.05) is 31.2 Å². The Kier molecular flexibility index (Phi) is 8.47. The molecule has 10 nitrogen and oxygen atoms in total. The number of nitrogens with zero attached hydrogens (tertiary/aromatic N) is 5. The van der Waals surface area contributed by atoms with Crippen LogP contribution in [0.15, 0.2) is 40.5 Å². The van der Waals surface area contributed by atoms with E-state index >= 15 is 0 Å². The Labute approximate surface area is 216 Å². The fraction of sp³-hybridized carbons (Fsp3) is 0.500. The van der Waals surface area contributed by atoms with Gasteiger partial charge in [-0.1, -0.05) is 25.1 Å². The standard InChI is InChI=1S/C24H33N7O3S2/c1-4-35-24-28-21(27-17(2)3)20-16-26-31(22(20)29-24)15-12-25-23(32)18-8-10-19(11-9-18)36(33,34)30-13-6-5-7-14-30/h8-11,16-17H,4-7,12-15H2,1-3H3,(H,25,32)(H,27,28,29). The molecule has 1 saturated heterocycles. The van der Waals surface area contributed by atoms with E-state index in [-0.39, 0.29) is 16.8 Å². The number of rotatable bonds is 10. The molecule has 4 rings (SSSR count). The smallest absolute Gasteiger partial charge is 0.251 e. The van der Waals surface area contributed by atoms with E-state index in [0.717, 1.165) is 36.2 Å². The molecule has 0 aliphatic carbocycles. The van der Waals surface area contributed by atoms with Crippen LogP contribution in [0.25, 0.3) is 11.0 Å². The molecular formula is C24H33N7O3S2. The maximum absolute atomic E-state index is 12.8. The number of thioether (sulfide) groups is 1. The van der Waals surface area contributed by atoms with Crippen LogP contribution in [-0.4, -0.2) is 69.8 Å². The number of benzene rings is 1. The van der Waals surface area contributed by atoms with Gasteiger partial charge in [0.2, 0.25) is 10.0 Å². The van der Waals surface area contributed by atoms with Crippen molar-refractivity contribution in [2.75, 3.05) is 30.7 Å². The molecule has 0 spiro atoms. The first-order valence-corrected chi connectivity index (χ1v) is 14.7. The quantitative estimate of drug-likeness (QED) is 0.302. The number of anilines is 1. The van der Waals surface area contributed by atoms with Crippen molar-refractivity contribution < 1.29 is 13.2 Å². The maximum Gasteiger partial charge on any atom is 0.251 e. The maximum atomic E-state index is 12.8. The minimum Gasteiger partial charge on any atom is -0.367 e. The second kappa shape index (κ2) is 11.6. The first-order chi connectivity index (χ1) is 17.3. The van der Waals surface area contributed by atoms with Gasteiger partial charge in [-0.3, -0.25) is 4.79 Å². The molecule has 12 heteroatoms. The lowest BCUT2D eigenvalue weighted by atomic mass is 10.2. The van der Waals surface area contributed by atoms with Crippen LogP contribution in [0.2, 0.25) is 0 Å². The van der Waals surface area contributed by atoms with Crippen LogP contribution in [0, 0.1) is 0 Å². The first-order valence-electron chi connectivity index (χ1n) is 12.3. The van der Waals surface area contributed by atoms with E-state index in [2.05, 4.69) is 46.5 Å². The molecule has 0 unspecified atom stereocenters. The number of fused-ring (bicyclic) bond motifs is 1. The van der Waals surface area contributed by atoms with Gasteiger partial charge in [0.1, 0.15) is 5.82 Å². The molecule has 36 heavy (non-hydrogen) atoms. The van der Waals surface area contributed by atoms with Gasteiger partial charge in [0.25, 0.3) is 5.91 Å². The average molecular weight is 532 g/mol. The summed E-state index contributed by atoms with van der Waals surface area (Å²) in [5, 5.41) is 12.2. The molecule has 3 aromatic rings. The molecule has 2 N–H and O–H groups in total. The Morgan fingerprint density at radius 3 is 2.50 bits per heavy atom. The Bertz CT molecular complexity index is 1300. The molecule has 1 aliphatic rings. The van der Waals surface area contributed by atoms with Gasteiger partial charge in [-0.25, -0.2) is 23.1 Å². The van der Waals surface area contributed by atoms with Crippen molar-refractivity contribution in [3.63, 3.8) is 0 Å². The summed E-state index contributed by atoms with van der Waals surface area (Å²) in [5.41, 5.74) is 1.12. The SMILES string of the molecule is CCSc1nc(NC(C)C)c2cnn(CCNC(=O)c3ccc(S(=O)(=O)N4CCCCC4)cc3)c2n1. The molecule has 1 amide bonds. The molecular weight excluding hydrogens is 498 g/mol. The number of aromatic nitrogens is 4. The third kappa shape index (κ3) is 5.98. The minimum absolute atomic E-state index is 0.214. The molecule has 194 valence electrons. The zero-order chi connectivity index (χ0) is 25.7. The number of carbonyl (C=O) groups excluding carboxylic acids is 1. The molecule has 1 fully saturated rings. The summed E-state index contributed by atoms with van der Waals surface area (Å²) in [5.74, 6) is 1.34. The summed E-state index contributed by atoms with van der Waals surface area (Å²) in [6.45, 7) is 8.03. The van der Waals surface area contributed by atoms with Crippen molar-refractivity contribution in [3.05, 3.63) is 36.0 Å². The van der Waals surface area contributed by atoms with Crippen molar-refractivity contribution in [1.82, 2.24) is 29.4 Å². The highest BCUT2D eigenvalue weighted by atomic mass is 32.2. The van der Waals surface area contributed by atoms with E-state index in [4.69, 9.17) is 0 Å². The van der Waals surface area contributed by atoms with E-state index in [1.54, 1.807) is 34.8 Å². The van der Waals surface area contributed by atoms with Crippen LogP contribution >= 0.6 is 11.8 Å². The lowest BCUT2D eigenvalue weighted by Crippen LogP contribution is -2.35. The van der Waals surface area contributed by atoms with Gasteiger partial charge in [0.15, 0.2) is 10.8 Å². The van der Waals surface area contributed by atoms with Crippen LogP contribution in [0.5, 0.6) is 0 Å². The van der Waals surface area contributed by atoms with Crippen molar-refractivity contribution in [2.45, 2.75) is 62.7 Å². The third-order valence-corrected chi connectivity index (χ3v) is 8.50. The average Bonchev–Trinajstić information content (AvgIpc) is 3.27. The Morgan fingerprint density at radius 2 is 1.83 bits per heavy atom. The molecule has 0 atom stereocenters. The van der Waals surface area contributed by atoms with Crippen molar-refractivity contribution in [1.29, 1.82) is 0 Å². The number of piperidine rings is 1. The summed E-state index contributed by atoms with van der Waals surface area (Å²) < 4.78 is 28.9. The monoisotopic (exact) mass is 531 g/mol. The Balaban J connectivity index is 1.41. The predicted molar refractivity (Wildman–Crippen MR) is 142 cm³/mol. The molecule has 3 heterocycles. The zero-order valence-corrected chi connectivity index (χ0v) is 22.5. The second-order valence-electron chi connectivity index (χ2n) is 8.94. The molecule has 1 aromatic carbocycles. The van der Waals surface area contributed by atoms with Crippen LogP contribution in [0.4, 0.5) is 5.82 Å². The largest absolute Gasteiger partial charge is 0.367 e. The van der Waals surface area contributed by atoms with Gasteiger partial charge < -0.3 is 10.6 Å². The molecule has 1 aliphatic heterocycles. The zero-order valence-electron chi connectivity index (χ0n) is 20.9. The number of hydrogen-bond donors (Lipinski definition) is 2. The summed E-state index contributed by atoms with van der Waals surface area (Å²) >= 11 is 1.56. The van der Waals surface area contributed by atoms with E-state index in [0.29, 0.717) is 42.5 Å². The Hall–Kier alpha value is -2.70. The van der Waals surface area contributed by atoms with E-state index in [9.17, 15) is 13.2 Å². The topological polar surface area (TPSA) is 122 Å². The molecule has 0 saturated carbocycles. The predicted octanol–water partition coefficient (Wildman–Crippen LogP) is 3.36. The van der Waals surface area contributed by atoms with Gasteiger partial charge in [-0.05, 0) is 56.7 Å². The van der Waals surface area contributed by atoms with Crippen molar-refractivity contribution >= 4 is 44.5 Å². The second-order valence-corrected chi connectivity index (χ2v) is 12.1. The van der Waals surface area contributed by atoms with Gasteiger partial charge >= 0.3 is 0 Å². The van der Waals surface area contributed by atoms with Crippen LogP contribution in [-0.2, 0) is 16.6 Å². The van der Waals surface area contributed by atoms with Crippen LogP contribution < -0.4 is 10.6 Å². The van der Waals surface area contributed by atoms with Crippen molar-refractivity contribution in [3.8, 4) is 0 Å². The van der Waals surface area contributed by atoms with Gasteiger partial charge in [0.05, 0.1) is 23.0 Å². The van der Waals surface area contributed by atoms with Gasteiger partial charge in [-0.15, -0.1) is 0 Å². The van der Waals surface area contributed by atoms with Crippen molar-refractivity contribution in [2.24, 2.45) is 0 Å². The van der Waals surface area contributed by atoms with Crippen LogP contribution in [0.1, 0.15) is 50.4 Å². The summed E-state index contributed by atoms with van der Waals surface area (Å²) in [6, 6.07) is 6.34. The minimum atomic E-state index is -3.52. The lowest BCUT2D eigenvalue weighted by Gasteiger charge is -2.25. The highest BCUT2D eigenvalue weighted by Crippen LogP contribution is 2.25. The van der Waals surface area contributed by atoms with E-state index < -0.39 is 10.0 Å². The lowest BCUT2D eigenvalue weighted by molar-refractivity contribution is 0.0952. The number of nitrogens with one attached hydrogen (secondary N) is 2. The first kappa shape index (κ1) is 26.4. The summed E-state index contributed by atoms with van der Waals surface area (Å²) in [6.07, 6.45) is 4.56. The number of sulfonamides is 1. The van der Waals surface area contributed by atoms with E-state index in [1.807, 2.05) is 0 Å². The van der Waals surface area contributed by atoms with Gasteiger partial charge in [-0.2, -0.15) is 9.40 Å². The third-order valence-electron chi connectivity index (χ3n) is 5.85. The summed E-state index contributed by atoms with van der Waals surface area (Å²) in [7, 11) is -3.52. The molecule has 2 aromatic heterocycles. The Morgan fingerprint density at radius 1 is 1.11 bits per heavy atom.